The van der Waals surface area contributed by atoms with E-state index >= 15 is 0 Å². The molecule has 1 aliphatic rings. The number of aromatic nitrogens is 2. The maximum atomic E-state index is 9.28. The van der Waals surface area contributed by atoms with Crippen molar-refractivity contribution in [3.63, 3.8) is 0 Å². The third-order valence-corrected chi connectivity index (χ3v) is 3.20. The predicted molar refractivity (Wildman–Crippen MR) is 72.9 cm³/mol. The quantitative estimate of drug-likeness (QED) is 0.522. The minimum Gasteiger partial charge on any atom is -0.394 e. The van der Waals surface area contributed by atoms with Crippen LogP contribution in [0.1, 0.15) is 18.3 Å². The van der Waals surface area contributed by atoms with Crippen LogP contribution in [0.2, 0.25) is 0 Å². The smallest absolute Gasteiger partial charge is 0.148 e. The SMILES string of the molecule is Cc1nc(NN)c(C)c(N2CC(C)OC(CO)C2)n1. The van der Waals surface area contributed by atoms with Gasteiger partial charge in [-0.1, -0.05) is 0 Å². The van der Waals surface area contributed by atoms with Gasteiger partial charge in [0.05, 0.1) is 18.8 Å². The van der Waals surface area contributed by atoms with Gasteiger partial charge in [-0.25, -0.2) is 15.8 Å². The highest BCUT2D eigenvalue weighted by Gasteiger charge is 2.27. The Morgan fingerprint density at radius 1 is 1.42 bits per heavy atom. The van der Waals surface area contributed by atoms with Gasteiger partial charge >= 0.3 is 0 Å². The van der Waals surface area contributed by atoms with E-state index in [1.807, 2.05) is 20.8 Å². The largest absolute Gasteiger partial charge is 0.394 e. The van der Waals surface area contributed by atoms with Gasteiger partial charge in [0, 0.05) is 18.7 Å². The first-order chi connectivity index (χ1) is 9.05. The highest BCUT2D eigenvalue weighted by Crippen LogP contribution is 2.25. The molecule has 0 amide bonds. The molecule has 7 heteroatoms. The molecule has 0 spiro atoms. The Hall–Kier alpha value is -1.44. The second kappa shape index (κ2) is 5.68. The summed E-state index contributed by atoms with van der Waals surface area (Å²) in [5.41, 5.74) is 3.50. The lowest BCUT2D eigenvalue weighted by atomic mass is 10.2. The number of aliphatic hydroxyl groups is 1. The van der Waals surface area contributed by atoms with Crippen LogP contribution in [-0.4, -0.2) is 47.0 Å². The third-order valence-electron chi connectivity index (χ3n) is 3.20. The van der Waals surface area contributed by atoms with E-state index in [0.717, 1.165) is 17.9 Å². The number of hydrazine groups is 1. The topological polar surface area (TPSA) is 96.5 Å². The van der Waals surface area contributed by atoms with Crippen molar-refractivity contribution in [1.82, 2.24) is 9.97 Å². The standard InChI is InChI=1S/C12H21N5O2/c1-7-4-17(5-10(6-18)19-7)12-8(2)11(16-13)14-9(3)15-12/h7,10,18H,4-6,13H2,1-3H3,(H,14,15,16). The highest BCUT2D eigenvalue weighted by atomic mass is 16.5. The zero-order valence-corrected chi connectivity index (χ0v) is 11.6. The molecule has 0 saturated carbocycles. The van der Waals surface area contributed by atoms with Crippen molar-refractivity contribution in [2.45, 2.75) is 33.0 Å². The van der Waals surface area contributed by atoms with E-state index < -0.39 is 0 Å². The maximum absolute atomic E-state index is 9.28. The van der Waals surface area contributed by atoms with Gasteiger partial charge < -0.3 is 20.2 Å². The maximum Gasteiger partial charge on any atom is 0.148 e. The molecule has 7 nitrogen and oxygen atoms in total. The fourth-order valence-electron chi connectivity index (χ4n) is 2.38. The predicted octanol–water partition coefficient (Wildman–Crippen LogP) is -0.0350. The van der Waals surface area contributed by atoms with E-state index in [2.05, 4.69) is 20.3 Å². The Morgan fingerprint density at radius 2 is 2.16 bits per heavy atom. The number of aryl methyl sites for hydroxylation is 1. The number of anilines is 2. The lowest BCUT2D eigenvalue weighted by Gasteiger charge is -2.37. The zero-order chi connectivity index (χ0) is 14.0. The van der Waals surface area contributed by atoms with Crippen LogP contribution in [0.5, 0.6) is 0 Å². The van der Waals surface area contributed by atoms with Crippen LogP contribution in [0.4, 0.5) is 11.6 Å². The molecule has 1 fully saturated rings. The van der Waals surface area contributed by atoms with Gasteiger partial charge in [0.1, 0.15) is 17.5 Å². The lowest BCUT2D eigenvalue weighted by Crippen LogP contribution is -2.48. The van der Waals surface area contributed by atoms with Gasteiger partial charge in [-0.05, 0) is 20.8 Å². The van der Waals surface area contributed by atoms with E-state index in [4.69, 9.17) is 10.6 Å². The molecule has 106 valence electrons. The summed E-state index contributed by atoms with van der Waals surface area (Å²) in [6.45, 7) is 7.10. The summed E-state index contributed by atoms with van der Waals surface area (Å²) in [7, 11) is 0. The van der Waals surface area contributed by atoms with Gasteiger partial charge in [0.2, 0.25) is 0 Å². The fourth-order valence-corrected chi connectivity index (χ4v) is 2.38. The number of nitrogens with two attached hydrogens (primary N) is 1. The van der Waals surface area contributed by atoms with Crippen LogP contribution >= 0.6 is 0 Å². The Kier molecular flexibility index (Phi) is 4.18. The van der Waals surface area contributed by atoms with Gasteiger partial charge in [-0.3, -0.25) is 0 Å². The van der Waals surface area contributed by atoms with Crippen molar-refractivity contribution in [3.05, 3.63) is 11.4 Å². The molecular weight excluding hydrogens is 246 g/mol. The van der Waals surface area contributed by atoms with Gasteiger partial charge in [0.15, 0.2) is 0 Å². The van der Waals surface area contributed by atoms with Crippen LogP contribution in [0.3, 0.4) is 0 Å². The molecule has 2 rings (SSSR count). The summed E-state index contributed by atoms with van der Waals surface area (Å²) < 4.78 is 5.64. The summed E-state index contributed by atoms with van der Waals surface area (Å²) in [6, 6.07) is 0. The molecule has 19 heavy (non-hydrogen) atoms. The lowest BCUT2D eigenvalue weighted by molar-refractivity contribution is -0.0423. The van der Waals surface area contributed by atoms with Crippen molar-refractivity contribution < 1.29 is 9.84 Å². The Morgan fingerprint density at radius 3 is 2.79 bits per heavy atom. The molecule has 0 bridgehead atoms. The van der Waals surface area contributed by atoms with Crippen molar-refractivity contribution in [2.75, 3.05) is 30.0 Å². The summed E-state index contributed by atoms with van der Waals surface area (Å²) in [4.78, 5) is 10.9. The van der Waals surface area contributed by atoms with E-state index in [1.165, 1.54) is 0 Å². The van der Waals surface area contributed by atoms with Gasteiger partial charge in [-0.15, -0.1) is 0 Å². The third kappa shape index (κ3) is 2.94. The normalized spacial score (nSPS) is 23.5. The first kappa shape index (κ1) is 14.0. The molecule has 0 aromatic carbocycles. The minimum absolute atomic E-state index is 0.00590. The highest BCUT2D eigenvalue weighted by molar-refractivity contribution is 5.58. The summed E-state index contributed by atoms with van der Waals surface area (Å²) >= 11 is 0. The van der Waals surface area contributed by atoms with Gasteiger partial charge in [-0.2, -0.15) is 0 Å². The van der Waals surface area contributed by atoms with E-state index in [0.29, 0.717) is 18.2 Å². The summed E-state index contributed by atoms with van der Waals surface area (Å²) in [5, 5.41) is 9.28. The van der Waals surface area contributed by atoms with Crippen LogP contribution in [0, 0.1) is 13.8 Å². The average molecular weight is 267 g/mol. The second-order valence-electron chi connectivity index (χ2n) is 4.87. The number of aliphatic hydroxyl groups excluding tert-OH is 1. The van der Waals surface area contributed by atoms with Crippen molar-refractivity contribution in [2.24, 2.45) is 5.84 Å². The van der Waals surface area contributed by atoms with Crippen molar-refractivity contribution in [3.8, 4) is 0 Å². The molecule has 1 aromatic rings. The van der Waals surface area contributed by atoms with Crippen molar-refractivity contribution >= 4 is 11.6 Å². The monoisotopic (exact) mass is 267 g/mol. The van der Waals surface area contributed by atoms with Crippen LogP contribution in [0.15, 0.2) is 0 Å². The number of nitrogens with zero attached hydrogens (tertiary/aromatic N) is 3. The fraction of sp³-hybridized carbons (Fsp3) is 0.667. The van der Waals surface area contributed by atoms with E-state index in [-0.39, 0.29) is 18.8 Å². The van der Waals surface area contributed by atoms with Crippen LogP contribution in [-0.2, 0) is 4.74 Å². The summed E-state index contributed by atoms with van der Waals surface area (Å²) in [5.74, 6) is 7.60. The summed E-state index contributed by atoms with van der Waals surface area (Å²) in [6.07, 6.45) is -0.137. The molecule has 2 atom stereocenters. The molecular formula is C12H21N5O2. The first-order valence-corrected chi connectivity index (χ1v) is 6.38. The van der Waals surface area contributed by atoms with Crippen LogP contribution in [0.25, 0.3) is 0 Å². The Balaban J connectivity index is 2.32. The molecule has 2 unspecified atom stereocenters. The van der Waals surface area contributed by atoms with Crippen LogP contribution < -0.4 is 16.2 Å². The molecule has 1 saturated heterocycles. The zero-order valence-electron chi connectivity index (χ0n) is 11.6. The van der Waals surface area contributed by atoms with Gasteiger partial charge in [0.25, 0.3) is 0 Å². The minimum atomic E-state index is -0.187. The molecule has 1 aromatic heterocycles. The molecule has 0 radical (unpaired) electrons. The Bertz CT molecular complexity index is 454. The molecule has 4 N–H and O–H groups in total. The molecule has 0 aliphatic carbocycles. The number of rotatable bonds is 3. The second-order valence-corrected chi connectivity index (χ2v) is 4.87. The Labute approximate surface area is 112 Å². The van der Waals surface area contributed by atoms with E-state index in [1.54, 1.807) is 0 Å². The first-order valence-electron chi connectivity index (χ1n) is 6.38. The number of hydrogen-bond acceptors (Lipinski definition) is 7. The van der Waals surface area contributed by atoms with E-state index in [9.17, 15) is 5.11 Å². The number of nitrogens with one attached hydrogen (secondary N) is 1. The number of nitrogen functional groups attached to an aromatic ring is 1. The molecule has 1 aliphatic heterocycles. The molecule has 2 heterocycles. The number of hydrogen-bond donors (Lipinski definition) is 3. The number of morpholine rings is 1. The van der Waals surface area contributed by atoms with Crippen molar-refractivity contribution in [1.29, 1.82) is 0 Å². The average Bonchev–Trinajstić information content (AvgIpc) is 2.40. The number of ether oxygens (including phenoxy) is 1.